The predicted molar refractivity (Wildman–Crippen MR) is 146 cm³/mol. The Bertz CT molecular complexity index is 1360. The number of hydrogen-bond donors (Lipinski definition) is 1. The molecule has 1 unspecified atom stereocenters. The average Bonchev–Trinajstić information content (AvgIpc) is 2.94. The van der Waals surface area contributed by atoms with Crippen LogP contribution in [0.15, 0.2) is 103 Å². The molecule has 0 radical (unpaired) electrons. The van der Waals surface area contributed by atoms with Gasteiger partial charge < -0.3 is 9.84 Å². The maximum absolute atomic E-state index is 13.1. The minimum atomic E-state index is -0.441. The van der Waals surface area contributed by atoms with Gasteiger partial charge in [-0.25, -0.2) is 0 Å². The van der Waals surface area contributed by atoms with Crippen LogP contribution in [0.4, 0.5) is 5.69 Å². The van der Waals surface area contributed by atoms with Gasteiger partial charge in [0.2, 0.25) is 0 Å². The summed E-state index contributed by atoms with van der Waals surface area (Å²) < 4.78 is 5.77. The largest absolute Gasteiger partial charge is 0.508 e. The summed E-state index contributed by atoms with van der Waals surface area (Å²) in [6.45, 7) is 2.75. The molecule has 1 N–H and O–H groups in total. The standard InChI is InChI=1S/C31H30N2O5/c1-23(18-24-12-15-28(34)16-13-24)32(21-30(35)27-10-6-3-7-11-27)20-26-14-17-31(29(19-26)33(36)37)38-22-25-8-4-2-5-9-25/h2-17,19,23,34H,18,20-22H2,1H3. The molecule has 38 heavy (non-hydrogen) atoms. The molecule has 1 atom stereocenters. The van der Waals surface area contributed by atoms with Crippen molar-refractivity contribution < 1.29 is 19.6 Å². The lowest BCUT2D eigenvalue weighted by atomic mass is 10.0. The summed E-state index contributed by atoms with van der Waals surface area (Å²) in [6, 6.07) is 30.5. The highest BCUT2D eigenvalue weighted by Crippen LogP contribution is 2.30. The number of carbonyl (C=O) groups excluding carboxylic acids is 1. The molecule has 0 bridgehead atoms. The van der Waals surface area contributed by atoms with E-state index in [-0.39, 0.29) is 42.2 Å². The molecule has 0 heterocycles. The van der Waals surface area contributed by atoms with Gasteiger partial charge in [0, 0.05) is 24.2 Å². The summed E-state index contributed by atoms with van der Waals surface area (Å²) in [6.07, 6.45) is 0.642. The lowest BCUT2D eigenvalue weighted by Gasteiger charge is -2.29. The maximum Gasteiger partial charge on any atom is 0.311 e. The topological polar surface area (TPSA) is 92.9 Å². The number of hydrogen-bond acceptors (Lipinski definition) is 6. The van der Waals surface area contributed by atoms with E-state index >= 15 is 0 Å². The van der Waals surface area contributed by atoms with Gasteiger partial charge in [-0.2, -0.15) is 0 Å². The molecule has 4 aromatic carbocycles. The molecule has 4 rings (SSSR count). The number of nitro groups is 1. The van der Waals surface area contributed by atoms with Gasteiger partial charge in [0.25, 0.3) is 0 Å². The Balaban J connectivity index is 1.55. The Kier molecular flexibility index (Phi) is 8.85. The molecule has 0 aliphatic heterocycles. The molecule has 7 nitrogen and oxygen atoms in total. The van der Waals surface area contributed by atoms with E-state index in [1.54, 1.807) is 36.4 Å². The molecule has 0 saturated carbocycles. The monoisotopic (exact) mass is 510 g/mol. The van der Waals surface area contributed by atoms with Crippen LogP contribution in [0.3, 0.4) is 0 Å². The molecule has 0 saturated heterocycles. The number of rotatable bonds is 12. The van der Waals surface area contributed by atoms with Crippen molar-refractivity contribution in [3.8, 4) is 11.5 Å². The van der Waals surface area contributed by atoms with Gasteiger partial charge in [-0.3, -0.25) is 19.8 Å². The summed E-state index contributed by atoms with van der Waals surface area (Å²) >= 11 is 0. The van der Waals surface area contributed by atoms with E-state index in [1.807, 2.05) is 72.5 Å². The lowest BCUT2D eigenvalue weighted by molar-refractivity contribution is -0.386. The summed E-state index contributed by atoms with van der Waals surface area (Å²) in [4.78, 5) is 26.5. The van der Waals surface area contributed by atoms with E-state index in [4.69, 9.17) is 4.74 Å². The summed E-state index contributed by atoms with van der Waals surface area (Å²) in [5, 5.41) is 21.5. The molecule has 7 heteroatoms. The number of ketones is 1. The molecule has 4 aromatic rings. The molecule has 0 aliphatic rings. The molecular weight excluding hydrogens is 480 g/mol. The highest BCUT2D eigenvalue weighted by molar-refractivity contribution is 5.97. The van der Waals surface area contributed by atoms with Crippen LogP contribution in [0.2, 0.25) is 0 Å². The number of benzene rings is 4. The van der Waals surface area contributed by atoms with Crippen molar-refractivity contribution >= 4 is 11.5 Å². The fraction of sp³-hybridized carbons (Fsp3) is 0.194. The van der Waals surface area contributed by atoms with Crippen LogP contribution in [0.25, 0.3) is 0 Å². The van der Waals surface area contributed by atoms with Gasteiger partial charge in [0.15, 0.2) is 11.5 Å². The number of Topliss-reactive ketones (excluding diaryl/α,β-unsaturated/α-hetero) is 1. The van der Waals surface area contributed by atoms with Crippen molar-refractivity contribution in [2.75, 3.05) is 6.54 Å². The number of phenols is 1. The van der Waals surface area contributed by atoms with Crippen LogP contribution in [-0.2, 0) is 19.6 Å². The van der Waals surface area contributed by atoms with Gasteiger partial charge in [0.1, 0.15) is 12.4 Å². The Hall–Kier alpha value is -4.49. The molecule has 0 aromatic heterocycles. The third kappa shape index (κ3) is 7.27. The Morgan fingerprint density at radius 1 is 0.895 bits per heavy atom. The summed E-state index contributed by atoms with van der Waals surface area (Å²) in [7, 11) is 0. The van der Waals surface area contributed by atoms with Crippen molar-refractivity contribution in [2.24, 2.45) is 0 Å². The predicted octanol–water partition coefficient (Wildman–Crippen LogP) is 6.20. The van der Waals surface area contributed by atoms with Gasteiger partial charge >= 0.3 is 5.69 Å². The number of carbonyl (C=O) groups is 1. The highest BCUT2D eigenvalue weighted by Gasteiger charge is 2.22. The van der Waals surface area contributed by atoms with Gasteiger partial charge in [-0.1, -0.05) is 78.9 Å². The highest BCUT2D eigenvalue weighted by atomic mass is 16.6. The number of nitrogens with zero attached hydrogens (tertiary/aromatic N) is 2. The quantitative estimate of drug-likeness (QED) is 0.139. The minimum absolute atomic E-state index is 0.0273. The van der Waals surface area contributed by atoms with Crippen molar-refractivity contribution in [1.82, 2.24) is 4.90 Å². The zero-order chi connectivity index (χ0) is 26.9. The van der Waals surface area contributed by atoms with Crippen LogP contribution in [0, 0.1) is 10.1 Å². The first kappa shape index (κ1) is 26.6. The van der Waals surface area contributed by atoms with Gasteiger partial charge in [-0.15, -0.1) is 0 Å². The smallest absolute Gasteiger partial charge is 0.311 e. The molecule has 194 valence electrons. The zero-order valence-corrected chi connectivity index (χ0v) is 21.2. The SMILES string of the molecule is CC(Cc1ccc(O)cc1)N(CC(=O)c1ccccc1)Cc1ccc(OCc2ccccc2)c([N+](=O)[O-])c1. The number of phenolic OH excluding ortho intramolecular Hbond substituents is 1. The van der Waals surface area contributed by atoms with Crippen LogP contribution in [0.1, 0.15) is 34.0 Å². The van der Waals surface area contributed by atoms with Crippen molar-refractivity contribution in [1.29, 1.82) is 0 Å². The summed E-state index contributed by atoms with van der Waals surface area (Å²) in [5.41, 5.74) is 3.15. The van der Waals surface area contributed by atoms with Gasteiger partial charge in [0.05, 0.1) is 11.5 Å². The Morgan fingerprint density at radius 3 is 2.18 bits per heavy atom. The van der Waals surface area contributed by atoms with Gasteiger partial charge in [-0.05, 0) is 48.2 Å². The van der Waals surface area contributed by atoms with E-state index in [1.165, 1.54) is 6.07 Å². The van der Waals surface area contributed by atoms with E-state index in [2.05, 4.69) is 0 Å². The first-order chi connectivity index (χ1) is 18.4. The minimum Gasteiger partial charge on any atom is -0.508 e. The number of nitro benzene ring substituents is 1. The zero-order valence-electron chi connectivity index (χ0n) is 21.2. The van der Waals surface area contributed by atoms with Crippen molar-refractivity contribution in [2.45, 2.75) is 32.5 Å². The van der Waals surface area contributed by atoms with E-state index in [9.17, 15) is 20.0 Å². The first-order valence-corrected chi connectivity index (χ1v) is 12.4. The van der Waals surface area contributed by atoms with Crippen LogP contribution in [0.5, 0.6) is 11.5 Å². The van der Waals surface area contributed by atoms with E-state index in [0.717, 1.165) is 11.1 Å². The second-order valence-corrected chi connectivity index (χ2v) is 9.25. The number of ether oxygens (including phenoxy) is 1. The average molecular weight is 511 g/mol. The molecular formula is C31H30N2O5. The third-order valence-electron chi connectivity index (χ3n) is 6.38. The lowest BCUT2D eigenvalue weighted by Crippen LogP contribution is -2.38. The van der Waals surface area contributed by atoms with E-state index < -0.39 is 4.92 Å². The van der Waals surface area contributed by atoms with Crippen molar-refractivity contribution in [3.05, 3.63) is 135 Å². The Labute approximate surface area is 222 Å². The van der Waals surface area contributed by atoms with Crippen LogP contribution >= 0.6 is 0 Å². The normalized spacial score (nSPS) is 11.7. The molecule has 0 fully saturated rings. The van der Waals surface area contributed by atoms with Crippen molar-refractivity contribution in [3.63, 3.8) is 0 Å². The fourth-order valence-electron chi connectivity index (χ4n) is 4.27. The van der Waals surface area contributed by atoms with Crippen LogP contribution in [-0.4, -0.2) is 33.3 Å². The molecule has 0 aliphatic carbocycles. The van der Waals surface area contributed by atoms with Crippen LogP contribution < -0.4 is 4.74 Å². The Morgan fingerprint density at radius 2 is 1.53 bits per heavy atom. The first-order valence-electron chi connectivity index (χ1n) is 12.4. The number of aromatic hydroxyl groups is 1. The second kappa shape index (κ2) is 12.7. The molecule has 0 spiro atoms. The second-order valence-electron chi connectivity index (χ2n) is 9.25. The summed E-state index contributed by atoms with van der Waals surface area (Å²) in [5.74, 6) is 0.367. The molecule has 0 amide bonds. The third-order valence-corrected chi connectivity index (χ3v) is 6.38. The maximum atomic E-state index is 13.1. The fourth-order valence-corrected chi connectivity index (χ4v) is 4.27. The van der Waals surface area contributed by atoms with E-state index in [0.29, 0.717) is 24.1 Å².